The predicted molar refractivity (Wildman–Crippen MR) is 60.8 cm³/mol. The number of ketones is 1. The molecule has 78 valence electrons. The number of carbonyl (C=O) groups excluding carboxylic acids is 1. The molecule has 1 aromatic heterocycles. The summed E-state index contributed by atoms with van der Waals surface area (Å²) in [5, 5.41) is 5.36. The van der Waals surface area contributed by atoms with E-state index in [1.807, 2.05) is 7.05 Å². The Bertz CT molecular complexity index is 306. The Morgan fingerprint density at radius 3 is 2.79 bits per heavy atom. The van der Waals surface area contributed by atoms with Crippen LogP contribution < -0.4 is 5.32 Å². The Labute approximate surface area is 89.3 Å². The van der Waals surface area contributed by atoms with Crippen molar-refractivity contribution in [1.82, 2.24) is 5.32 Å². The number of carbonyl (C=O) groups is 1. The van der Waals surface area contributed by atoms with E-state index in [4.69, 9.17) is 0 Å². The molecule has 0 spiro atoms. The van der Waals surface area contributed by atoms with E-state index in [0.717, 1.165) is 6.42 Å². The van der Waals surface area contributed by atoms with Gasteiger partial charge in [0.25, 0.3) is 0 Å². The lowest BCUT2D eigenvalue weighted by Gasteiger charge is -2.14. The van der Waals surface area contributed by atoms with Gasteiger partial charge in [-0.25, -0.2) is 0 Å². The Hall–Kier alpha value is -0.670. The zero-order valence-electron chi connectivity index (χ0n) is 8.96. The van der Waals surface area contributed by atoms with Crippen LogP contribution in [0.1, 0.15) is 36.2 Å². The number of Topliss-reactive ketones (excluding diaryl/α,β-unsaturated/α-hetero) is 1. The van der Waals surface area contributed by atoms with Crippen molar-refractivity contribution in [2.24, 2.45) is 0 Å². The second kappa shape index (κ2) is 5.27. The summed E-state index contributed by atoms with van der Waals surface area (Å²) >= 11 is 1.76. The largest absolute Gasteiger partial charge is 0.312 e. The molecule has 0 saturated heterocycles. The normalized spacial score (nSPS) is 12.8. The van der Waals surface area contributed by atoms with Crippen LogP contribution >= 0.6 is 11.3 Å². The first-order valence-electron chi connectivity index (χ1n) is 4.86. The SMILES string of the molecule is CNC(CCC(C)=O)c1sccc1C. The zero-order chi connectivity index (χ0) is 10.6. The quantitative estimate of drug-likeness (QED) is 0.811. The van der Waals surface area contributed by atoms with Gasteiger partial charge in [-0.3, -0.25) is 0 Å². The van der Waals surface area contributed by atoms with Crippen molar-refractivity contribution in [3.05, 3.63) is 21.9 Å². The Morgan fingerprint density at radius 2 is 2.36 bits per heavy atom. The van der Waals surface area contributed by atoms with Gasteiger partial charge in [-0.2, -0.15) is 0 Å². The van der Waals surface area contributed by atoms with Gasteiger partial charge in [-0.1, -0.05) is 0 Å². The highest BCUT2D eigenvalue weighted by Crippen LogP contribution is 2.26. The third-order valence-corrected chi connectivity index (χ3v) is 3.48. The van der Waals surface area contributed by atoms with E-state index in [1.165, 1.54) is 10.4 Å². The molecule has 0 aliphatic rings. The topological polar surface area (TPSA) is 29.1 Å². The van der Waals surface area contributed by atoms with E-state index in [1.54, 1.807) is 18.3 Å². The van der Waals surface area contributed by atoms with Crippen molar-refractivity contribution in [2.75, 3.05) is 7.05 Å². The molecule has 1 rings (SSSR count). The molecule has 3 heteroatoms. The minimum atomic E-state index is 0.263. The summed E-state index contributed by atoms with van der Waals surface area (Å²) in [6.45, 7) is 3.76. The van der Waals surface area contributed by atoms with Crippen molar-refractivity contribution >= 4 is 17.1 Å². The third-order valence-electron chi connectivity index (χ3n) is 2.35. The second-order valence-electron chi connectivity index (χ2n) is 3.55. The van der Waals surface area contributed by atoms with Gasteiger partial charge in [-0.15, -0.1) is 11.3 Å². The minimum Gasteiger partial charge on any atom is -0.312 e. The minimum absolute atomic E-state index is 0.263. The highest BCUT2D eigenvalue weighted by atomic mass is 32.1. The fourth-order valence-corrected chi connectivity index (χ4v) is 2.57. The molecule has 0 amide bonds. The average molecular weight is 211 g/mol. The molecule has 0 aromatic carbocycles. The van der Waals surface area contributed by atoms with Crippen LogP contribution in [-0.2, 0) is 4.79 Å². The van der Waals surface area contributed by atoms with E-state index < -0.39 is 0 Å². The van der Waals surface area contributed by atoms with Gasteiger partial charge in [0.1, 0.15) is 5.78 Å². The smallest absolute Gasteiger partial charge is 0.129 e. The standard InChI is InChI=1S/C11H17NOS/c1-8-6-7-14-11(8)10(12-3)5-4-9(2)13/h6-7,10,12H,4-5H2,1-3H3. The summed E-state index contributed by atoms with van der Waals surface area (Å²) < 4.78 is 0. The molecule has 0 radical (unpaired) electrons. The van der Waals surface area contributed by atoms with E-state index in [-0.39, 0.29) is 5.78 Å². The van der Waals surface area contributed by atoms with Gasteiger partial charge in [-0.05, 0) is 44.3 Å². The maximum absolute atomic E-state index is 10.9. The number of hydrogen-bond donors (Lipinski definition) is 1. The summed E-state index contributed by atoms with van der Waals surface area (Å²) in [4.78, 5) is 12.2. The van der Waals surface area contributed by atoms with Crippen LogP contribution in [0.2, 0.25) is 0 Å². The maximum Gasteiger partial charge on any atom is 0.129 e. The average Bonchev–Trinajstić information content (AvgIpc) is 2.53. The number of thiophene rings is 1. The summed E-state index contributed by atoms with van der Waals surface area (Å²) in [6, 6.07) is 2.46. The van der Waals surface area contributed by atoms with Crippen LogP contribution in [0.4, 0.5) is 0 Å². The summed E-state index contributed by atoms with van der Waals surface area (Å²) in [7, 11) is 1.95. The lowest BCUT2D eigenvalue weighted by molar-refractivity contribution is -0.117. The Kier molecular flexibility index (Phi) is 4.29. The second-order valence-corrected chi connectivity index (χ2v) is 4.50. The molecule has 1 unspecified atom stereocenters. The molecule has 1 heterocycles. The van der Waals surface area contributed by atoms with Crippen LogP contribution in [0.25, 0.3) is 0 Å². The molecule has 0 saturated carbocycles. The summed E-state index contributed by atoms with van der Waals surface area (Å²) in [5.74, 6) is 0.263. The number of nitrogens with one attached hydrogen (secondary N) is 1. The first kappa shape index (κ1) is 11.4. The van der Waals surface area contributed by atoms with Crippen LogP contribution in [0.3, 0.4) is 0 Å². The molecule has 0 fully saturated rings. The molecule has 1 atom stereocenters. The van der Waals surface area contributed by atoms with Gasteiger partial charge in [0, 0.05) is 17.3 Å². The molecular formula is C11H17NOS. The van der Waals surface area contributed by atoms with Crippen molar-refractivity contribution in [3.63, 3.8) is 0 Å². The lowest BCUT2D eigenvalue weighted by atomic mass is 10.1. The fraction of sp³-hybridized carbons (Fsp3) is 0.545. The summed E-state index contributed by atoms with van der Waals surface area (Å²) in [6.07, 6.45) is 1.55. The number of hydrogen-bond acceptors (Lipinski definition) is 3. The monoisotopic (exact) mass is 211 g/mol. The highest BCUT2D eigenvalue weighted by molar-refractivity contribution is 7.10. The van der Waals surface area contributed by atoms with E-state index in [0.29, 0.717) is 12.5 Å². The first-order valence-corrected chi connectivity index (χ1v) is 5.73. The highest BCUT2D eigenvalue weighted by Gasteiger charge is 2.13. The van der Waals surface area contributed by atoms with Crippen molar-refractivity contribution in [3.8, 4) is 0 Å². The van der Waals surface area contributed by atoms with Gasteiger partial charge in [0.15, 0.2) is 0 Å². The van der Waals surface area contributed by atoms with Crippen molar-refractivity contribution < 1.29 is 4.79 Å². The van der Waals surface area contributed by atoms with E-state index >= 15 is 0 Å². The van der Waals surface area contributed by atoms with Gasteiger partial charge in [0.2, 0.25) is 0 Å². The van der Waals surface area contributed by atoms with Crippen LogP contribution in [-0.4, -0.2) is 12.8 Å². The van der Waals surface area contributed by atoms with Gasteiger partial charge >= 0.3 is 0 Å². The molecule has 0 bridgehead atoms. The predicted octanol–water partition coefficient (Wildman–Crippen LogP) is 2.69. The van der Waals surface area contributed by atoms with Crippen molar-refractivity contribution in [1.29, 1.82) is 0 Å². The number of rotatable bonds is 5. The molecule has 0 aliphatic carbocycles. The molecule has 14 heavy (non-hydrogen) atoms. The third kappa shape index (κ3) is 2.93. The van der Waals surface area contributed by atoms with Crippen LogP contribution in [0.5, 0.6) is 0 Å². The molecule has 0 aliphatic heterocycles. The number of aryl methyl sites for hydroxylation is 1. The van der Waals surface area contributed by atoms with Gasteiger partial charge < -0.3 is 10.1 Å². The van der Waals surface area contributed by atoms with E-state index in [9.17, 15) is 4.79 Å². The molecular weight excluding hydrogens is 194 g/mol. The molecule has 1 N–H and O–H groups in total. The Balaban J connectivity index is 2.63. The van der Waals surface area contributed by atoms with E-state index in [2.05, 4.69) is 23.7 Å². The fourth-order valence-electron chi connectivity index (χ4n) is 1.50. The maximum atomic E-state index is 10.9. The molecule has 1 aromatic rings. The lowest BCUT2D eigenvalue weighted by Crippen LogP contribution is -2.16. The van der Waals surface area contributed by atoms with Crippen LogP contribution in [0.15, 0.2) is 11.4 Å². The van der Waals surface area contributed by atoms with Gasteiger partial charge in [0.05, 0.1) is 0 Å². The van der Waals surface area contributed by atoms with Crippen molar-refractivity contribution in [2.45, 2.75) is 32.7 Å². The Morgan fingerprint density at radius 1 is 1.64 bits per heavy atom. The summed E-state index contributed by atoms with van der Waals surface area (Å²) in [5.41, 5.74) is 1.32. The molecule has 2 nitrogen and oxygen atoms in total. The van der Waals surface area contributed by atoms with Crippen LogP contribution in [0, 0.1) is 6.92 Å². The first-order chi connectivity index (χ1) is 6.65. The zero-order valence-corrected chi connectivity index (χ0v) is 9.78.